The van der Waals surface area contributed by atoms with E-state index in [1.807, 2.05) is 19.1 Å². The molecule has 0 saturated heterocycles. The molecule has 0 unspecified atom stereocenters. The summed E-state index contributed by atoms with van der Waals surface area (Å²) in [5, 5.41) is 2.83. The van der Waals surface area contributed by atoms with Crippen molar-refractivity contribution in [1.29, 1.82) is 0 Å². The van der Waals surface area contributed by atoms with Gasteiger partial charge in [0.2, 0.25) is 15.9 Å². The number of benzene rings is 2. The van der Waals surface area contributed by atoms with E-state index in [1.54, 1.807) is 18.7 Å². The maximum absolute atomic E-state index is 13.2. The highest BCUT2D eigenvalue weighted by Gasteiger charge is 2.31. The molecule has 2 rings (SSSR count). The van der Waals surface area contributed by atoms with Crippen LogP contribution in [-0.4, -0.2) is 38.9 Å². The topological polar surface area (TPSA) is 66.5 Å². The van der Waals surface area contributed by atoms with Crippen molar-refractivity contribution >= 4 is 33.4 Å². The Kier molecular flexibility index (Phi) is 8.52. The van der Waals surface area contributed by atoms with E-state index in [2.05, 4.69) is 17.4 Å². The average Bonchev–Trinajstić information content (AvgIpc) is 2.65. The van der Waals surface area contributed by atoms with Crippen molar-refractivity contribution in [2.75, 3.05) is 22.9 Å². The van der Waals surface area contributed by atoms with Crippen molar-refractivity contribution in [3.63, 3.8) is 0 Å². The number of nitrogens with one attached hydrogen (secondary N) is 1. The number of nitrogens with zero attached hydrogens (tertiary/aromatic N) is 1. The van der Waals surface area contributed by atoms with Crippen LogP contribution >= 0.6 is 11.8 Å². The summed E-state index contributed by atoms with van der Waals surface area (Å²) >= 11 is 1.70. The quantitative estimate of drug-likeness (QED) is 0.574. The Morgan fingerprint density at radius 2 is 1.90 bits per heavy atom. The molecule has 0 aromatic heterocycles. The number of halogens is 1. The molecule has 5 nitrogen and oxygen atoms in total. The summed E-state index contributed by atoms with van der Waals surface area (Å²) in [4.78, 5) is 12.7. The molecule has 1 atom stereocenters. The SMILES string of the molecule is CC[C@H](C(=O)NCCSCc1cccc(C)c1)N(c1ccc(F)cc1)S(C)(=O)=O. The van der Waals surface area contributed by atoms with E-state index in [4.69, 9.17) is 0 Å². The second-order valence-electron chi connectivity index (χ2n) is 6.79. The first-order valence-electron chi connectivity index (χ1n) is 9.38. The van der Waals surface area contributed by atoms with Crippen LogP contribution in [0.25, 0.3) is 0 Å². The van der Waals surface area contributed by atoms with Crippen molar-refractivity contribution in [2.24, 2.45) is 0 Å². The molecular formula is C21H27FN2O3S2. The highest BCUT2D eigenvalue weighted by atomic mass is 32.2. The smallest absolute Gasteiger partial charge is 0.243 e. The van der Waals surface area contributed by atoms with E-state index in [0.29, 0.717) is 18.7 Å². The molecule has 0 aliphatic rings. The summed E-state index contributed by atoms with van der Waals surface area (Å²) in [6.07, 6.45) is 1.34. The van der Waals surface area contributed by atoms with Gasteiger partial charge >= 0.3 is 0 Å². The second kappa shape index (κ2) is 10.6. The zero-order valence-electron chi connectivity index (χ0n) is 16.9. The Bertz CT molecular complexity index is 918. The second-order valence-corrected chi connectivity index (χ2v) is 9.76. The van der Waals surface area contributed by atoms with Crippen LogP contribution in [0.1, 0.15) is 24.5 Å². The van der Waals surface area contributed by atoms with Crippen molar-refractivity contribution < 1.29 is 17.6 Å². The summed E-state index contributed by atoms with van der Waals surface area (Å²) in [7, 11) is -3.72. The Morgan fingerprint density at radius 1 is 1.21 bits per heavy atom. The van der Waals surface area contributed by atoms with Crippen LogP contribution in [0, 0.1) is 12.7 Å². The first-order valence-corrected chi connectivity index (χ1v) is 12.4. The van der Waals surface area contributed by atoms with Gasteiger partial charge in [0, 0.05) is 18.1 Å². The summed E-state index contributed by atoms with van der Waals surface area (Å²) < 4.78 is 38.9. The minimum Gasteiger partial charge on any atom is -0.353 e. The zero-order valence-corrected chi connectivity index (χ0v) is 18.5. The van der Waals surface area contributed by atoms with E-state index in [9.17, 15) is 17.6 Å². The molecular weight excluding hydrogens is 411 g/mol. The third-order valence-electron chi connectivity index (χ3n) is 4.31. The van der Waals surface area contributed by atoms with Crippen LogP contribution in [0.2, 0.25) is 0 Å². The number of rotatable bonds is 10. The van der Waals surface area contributed by atoms with Gasteiger partial charge in [-0.2, -0.15) is 11.8 Å². The highest BCUT2D eigenvalue weighted by molar-refractivity contribution is 7.98. The minimum absolute atomic E-state index is 0.268. The lowest BCUT2D eigenvalue weighted by molar-refractivity contribution is -0.122. The molecule has 0 spiro atoms. The minimum atomic E-state index is -3.72. The molecule has 1 amide bonds. The summed E-state index contributed by atoms with van der Waals surface area (Å²) in [6.45, 7) is 4.24. The van der Waals surface area contributed by atoms with Crippen LogP contribution in [0.5, 0.6) is 0 Å². The fraction of sp³-hybridized carbons (Fsp3) is 0.381. The first-order chi connectivity index (χ1) is 13.7. The number of aryl methyl sites for hydroxylation is 1. The molecule has 0 saturated carbocycles. The molecule has 0 aliphatic heterocycles. The van der Waals surface area contributed by atoms with Gasteiger partial charge in [-0.05, 0) is 43.2 Å². The molecule has 1 N–H and O–H groups in total. The molecule has 0 heterocycles. The van der Waals surface area contributed by atoms with Crippen LogP contribution in [0.15, 0.2) is 48.5 Å². The summed E-state index contributed by atoms with van der Waals surface area (Å²) in [5.41, 5.74) is 2.71. The van der Waals surface area contributed by atoms with Gasteiger partial charge in [0.05, 0.1) is 11.9 Å². The lowest BCUT2D eigenvalue weighted by Crippen LogP contribution is -2.49. The predicted octanol–water partition coefficient (Wildman–Crippen LogP) is 3.73. The van der Waals surface area contributed by atoms with Crippen molar-refractivity contribution in [3.05, 3.63) is 65.5 Å². The van der Waals surface area contributed by atoms with Gasteiger partial charge in [-0.25, -0.2) is 12.8 Å². The van der Waals surface area contributed by atoms with Crippen LogP contribution < -0.4 is 9.62 Å². The first kappa shape index (κ1) is 23.2. The number of hydrogen-bond donors (Lipinski definition) is 1. The van der Waals surface area contributed by atoms with E-state index in [1.165, 1.54) is 35.4 Å². The van der Waals surface area contributed by atoms with Gasteiger partial charge in [-0.3, -0.25) is 9.10 Å². The average molecular weight is 439 g/mol. The molecule has 0 fully saturated rings. The number of thioether (sulfide) groups is 1. The number of hydrogen-bond acceptors (Lipinski definition) is 4. The number of carbonyl (C=O) groups excluding carboxylic acids is 1. The van der Waals surface area contributed by atoms with E-state index >= 15 is 0 Å². The number of anilines is 1. The van der Waals surface area contributed by atoms with E-state index in [0.717, 1.165) is 16.3 Å². The fourth-order valence-corrected chi connectivity index (χ4v) is 5.02. The molecule has 0 radical (unpaired) electrons. The maximum Gasteiger partial charge on any atom is 0.243 e. The van der Waals surface area contributed by atoms with Crippen LogP contribution in [0.3, 0.4) is 0 Å². The molecule has 29 heavy (non-hydrogen) atoms. The third kappa shape index (κ3) is 7.04. The van der Waals surface area contributed by atoms with Crippen molar-refractivity contribution in [1.82, 2.24) is 5.32 Å². The van der Waals surface area contributed by atoms with Gasteiger partial charge in [0.1, 0.15) is 11.9 Å². The molecule has 2 aromatic carbocycles. The van der Waals surface area contributed by atoms with Crippen LogP contribution in [-0.2, 0) is 20.6 Å². The van der Waals surface area contributed by atoms with Crippen molar-refractivity contribution in [3.8, 4) is 0 Å². The molecule has 2 aromatic rings. The Hall–Kier alpha value is -2.06. The largest absolute Gasteiger partial charge is 0.353 e. The molecule has 158 valence electrons. The monoisotopic (exact) mass is 438 g/mol. The van der Waals surface area contributed by atoms with Gasteiger partial charge in [0.15, 0.2) is 0 Å². The summed E-state index contributed by atoms with van der Waals surface area (Å²) in [6, 6.07) is 12.5. The van der Waals surface area contributed by atoms with Crippen LogP contribution in [0.4, 0.5) is 10.1 Å². The third-order valence-corrected chi connectivity index (χ3v) is 6.52. The molecule has 8 heteroatoms. The Morgan fingerprint density at radius 3 is 2.48 bits per heavy atom. The number of carbonyl (C=O) groups is 1. The van der Waals surface area contributed by atoms with Crippen molar-refractivity contribution in [2.45, 2.75) is 32.1 Å². The zero-order chi connectivity index (χ0) is 21.4. The normalized spacial score (nSPS) is 12.4. The summed E-state index contributed by atoms with van der Waals surface area (Å²) in [5.74, 6) is 0.731. The standard InChI is InChI=1S/C21H27FN2O3S2/c1-4-20(24(29(3,26)27)19-10-8-18(22)9-11-19)21(25)23-12-13-28-15-17-7-5-6-16(2)14-17/h5-11,14,20H,4,12-13,15H2,1-3H3,(H,23,25)/t20-/m1/s1. The lowest BCUT2D eigenvalue weighted by Gasteiger charge is -2.30. The van der Waals surface area contributed by atoms with Gasteiger partial charge < -0.3 is 5.32 Å². The number of sulfonamides is 1. The fourth-order valence-electron chi connectivity index (χ4n) is 3.00. The number of amides is 1. The van der Waals surface area contributed by atoms with E-state index in [-0.39, 0.29) is 11.6 Å². The maximum atomic E-state index is 13.2. The lowest BCUT2D eigenvalue weighted by atomic mass is 10.2. The van der Waals surface area contributed by atoms with Gasteiger partial charge in [-0.1, -0.05) is 36.8 Å². The van der Waals surface area contributed by atoms with Gasteiger partial charge in [0.25, 0.3) is 0 Å². The Balaban J connectivity index is 1.95. The Labute approximate surface area is 176 Å². The highest BCUT2D eigenvalue weighted by Crippen LogP contribution is 2.23. The predicted molar refractivity (Wildman–Crippen MR) is 118 cm³/mol. The van der Waals surface area contributed by atoms with Gasteiger partial charge in [-0.15, -0.1) is 0 Å². The molecule has 0 bridgehead atoms. The van der Waals surface area contributed by atoms with E-state index < -0.39 is 21.9 Å². The molecule has 0 aliphatic carbocycles.